The zero-order chi connectivity index (χ0) is 17.8. The Morgan fingerprint density at radius 1 is 1.11 bits per heavy atom. The number of hydrogen-bond acceptors (Lipinski definition) is 4. The van der Waals surface area contributed by atoms with Crippen molar-refractivity contribution in [2.45, 2.75) is 12.8 Å². The van der Waals surface area contributed by atoms with Gasteiger partial charge < -0.3 is 16.0 Å². The summed E-state index contributed by atoms with van der Waals surface area (Å²) in [5.41, 5.74) is 6.86. The molecule has 0 unspecified atom stereocenters. The number of nitrogens with one attached hydrogen (secondary N) is 1. The minimum atomic E-state index is -0.144. The molecule has 0 radical (unpaired) electrons. The number of aromatic nitrogens is 1. The molecule has 0 aliphatic carbocycles. The van der Waals surface area contributed by atoms with E-state index >= 15 is 0 Å². The molecule has 1 aliphatic heterocycles. The van der Waals surface area contributed by atoms with Crippen molar-refractivity contribution in [2.24, 2.45) is 5.92 Å². The van der Waals surface area contributed by atoms with Gasteiger partial charge in [0.2, 0.25) is 5.91 Å². The van der Waals surface area contributed by atoms with Crippen LogP contribution in [0.3, 0.4) is 0 Å². The number of nitrogen functional groups attached to an aromatic ring is 1. The Morgan fingerprint density at radius 2 is 1.78 bits per heavy atom. The van der Waals surface area contributed by atoms with Gasteiger partial charge in [-0.2, -0.15) is 0 Å². The predicted octanol–water partition coefficient (Wildman–Crippen LogP) is 3.65. The Labute approximate surface area is 175 Å². The SMILES string of the molecule is Cl.Cl.Nc1ccccc1C(=O)N1CCC(C(=O)Nc2ccc(Cl)cn2)CC1. The monoisotopic (exact) mass is 430 g/mol. The molecule has 0 saturated carbocycles. The quantitative estimate of drug-likeness (QED) is 0.726. The molecule has 2 amide bonds. The lowest BCUT2D eigenvalue weighted by molar-refractivity contribution is -0.121. The van der Waals surface area contributed by atoms with E-state index < -0.39 is 0 Å². The van der Waals surface area contributed by atoms with E-state index in [1.165, 1.54) is 6.20 Å². The van der Waals surface area contributed by atoms with Crippen LogP contribution in [0.4, 0.5) is 11.5 Å². The summed E-state index contributed by atoms with van der Waals surface area (Å²) in [5.74, 6) is 0.164. The van der Waals surface area contributed by atoms with Gasteiger partial charge in [0.25, 0.3) is 5.91 Å². The highest BCUT2D eigenvalue weighted by molar-refractivity contribution is 6.30. The third kappa shape index (κ3) is 5.73. The molecule has 1 aromatic carbocycles. The Bertz CT molecular complexity index is 778. The molecule has 1 aliphatic rings. The van der Waals surface area contributed by atoms with Gasteiger partial charge in [-0.25, -0.2) is 4.98 Å². The fraction of sp³-hybridized carbons (Fsp3) is 0.278. The average Bonchev–Trinajstić information content (AvgIpc) is 2.63. The zero-order valence-corrected chi connectivity index (χ0v) is 16.8. The van der Waals surface area contributed by atoms with Crippen LogP contribution in [-0.4, -0.2) is 34.8 Å². The summed E-state index contributed by atoms with van der Waals surface area (Å²) in [4.78, 5) is 30.7. The smallest absolute Gasteiger partial charge is 0.255 e. The second-order valence-electron chi connectivity index (χ2n) is 6.00. The molecule has 3 N–H and O–H groups in total. The highest BCUT2D eigenvalue weighted by atomic mass is 35.5. The fourth-order valence-corrected chi connectivity index (χ4v) is 3.00. The van der Waals surface area contributed by atoms with Crippen molar-refractivity contribution >= 4 is 59.7 Å². The standard InChI is InChI=1S/C18H19ClN4O2.2ClH/c19-13-5-6-16(21-11-13)22-17(24)12-7-9-23(10-8-12)18(25)14-3-1-2-4-15(14)20;;/h1-6,11-12H,7-10,20H2,(H,21,22,24);2*1H. The van der Waals surface area contributed by atoms with E-state index in [2.05, 4.69) is 10.3 Å². The molecule has 2 aromatic rings. The predicted molar refractivity (Wildman–Crippen MR) is 112 cm³/mol. The Kier molecular flexibility index (Phi) is 8.82. The zero-order valence-electron chi connectivity index (χ0n) is 14.4. The topological polar surface area (TPSA) is 88.3 Å². The first-order valence-electron chi connectivity index (χ1n) is 8.11. The normalized spacial score (nSPS) is 13.9. The van der Waals surface area contributed by atoms with Gasteiger partial charge in [-0.05, 0) is 37.1 Å². The molecule has 2 heterocycles. The van der Waals surface area contributed by atoms with Gasteiger partial charge in [0.15, 0.2) is 0 Å². The second-order valence-corrected chi connectivity index (χ2v) is 6.44. The van der Waals surface area contributed by atoms with E-state index in [4.69, 9.17) is 17.3 Å². The molecule has 3 rings (SSSR count). The summed E-state index contributed by atoms with van der Waals surface area (Å²) in [6.45, 7) is 1.05. The number of nitrogens with zero attached hydrogens (tertiary/aromatic N) is 2. The number of nitrogens with two attached hydrogens (primary N) is 1. The van der Waals surface area contributed by atoms with Crippen LogP contribution in [0.5, 0.6) is 0 Å². The van der Waals surface area contributed by atoms with E-state index in [1.54, 1.807) is 41.3 Å². The fourth-order valence-electron chi connectivity index (χ4n) is 2.88. The summed E-state index contributed by atoms with van der Waals surface area (Å²) in [6.07, 6.45) is 2.71. The molecule has 1 saturated heterocycles. The first kappa shape index (κ1) is 23.0. The maximum atomic E-state index is 12.5. The molecule has 6 nitrogen and oxygen atoms in total. The van der Waals surface area contributed by atoms with Crippen LogP contribution in [0, 0.1) is 5.92 Å². The number of carbonyl (C=O) groups excluding carboxylic acids is 2. The molecule has 9 heteroatoms. The molecule has 0 bridgehead atoms. The van der Waals surface area contributed by atoms with E-state index in [0.29, 0.717) is 48.0 Å². The van der Waals surface area contributed by atoms with Crippen molar-refractivity contribution in [3.8, 4) is 0 Å². The Balaban J connectivity index is 0.00000182. The van der Waals surface area contributed by atoms with E-state index in [1.807, 2.05) is 0 Å². The Morgan fingerprint density at radius 3 is 2.37 bits per heavy atom. The summed E-state index contributed by atoms with van der Waals surface area (Å²) in [5, 5.41) is 3.31. The Hall–Kier alpha value is -2.02. The van der Waals surface area contributed by atoms with Crippen molar-refractivity contribution in [3.63, 3.8) is 0 Å². The lowest BCUT2D eigenvalue weighted by Crippen LogP contribution is -2.41. The molecule has 146 valence electrons. The van der Waals surface area contributed by atoms with Crippen molar-refractivity contribution in [1.29, 1.82) is 0 Å². The number of para-hydroxylation sites is 1. The lowest BCUT2D eigenvalue weighted by atomic mass is 9.95. The van der Waals surface area contributed by atoms with Crippen molar-refractivity contribution in [3.05, 3.63) is 53.2 Å². The number of benzene rings is 1. The van der Waals surface area contributed by atoms with E-state index in [9.17, 15) is 9.59 Å². The summed E-state index contributed by atoms with van der Waals surface area (Å²) >= 11 is 5.78. The van der Waals surface area contributed by atoms with Crippen LogP contribution in [0.1, 0.15) is 23.2 Å². The number of anilines is 2. The van der Waals surface area contributed by atoms with Gasteiger partial charge in [-0.1, -0.05) is 23.7 Å². The number of likely N-dealkylation sites (tertiary alicyclic amines) is 1. The van der Waals surface area contributed by atoms with Crippen LogP contribution >= 0.6 is 36.4 Å². The molecule has 0 atom stereocenters. The number of rotatable bonds is 3. The maximum absolute atomic E-state index is 12.5. The number of halogens is 3. The van der Waals surface area contributed by atoms with Crippen LogP contribution in [0.25, 0.3) is 0 Å². The van der Waals surface area contributed by atoms with Crippen LogP contribution in [-0.2, 0) is 4.79 Å². The number of carbonyl (C=O) groups is 2. The highest BCUT2D eigenvalue weighted by Crippen LogP contribution is 2.22. The minimum absolute atomic E-state index is 0. The average molecular weight is 432 g/mol. The number of pyridine rings is 1. The third-order valence-electron chi connectivity index (χ3n) is 4.32. The first-order valence-corrected chi connectivity index (χ1v) is 8.48. The molecule has 1 aromatic heterocycles. The number of piperidine rings is 1. The van der Waals surface area contributed by atoms with Gasteiger partial charge in [-0.3, -0.25) is 9.59 Å². The molecular formula is C18H21Cl3N4O2. The van der Waals surface area contributed by atoms with Crippen LogP contribution in [0.2, 0.25) is 5.02 Å². The third-order valence-corrected chi connectivity index (χ3v) is 4.55. The number of hydrogen-bond donors (Lipinski definition) is 2. The minimum Gasteiger partial charge on any atom is -0.398 e. The molecule has 0 spiro atoms. The van der Waals surface area contributed by atoms with Crippen molar-refractivity contribution in [1.82, 2.24) is 9.88 Å². The molecule has 27 heavy (non-hydrogen) atoms. The van der Waals surface area contributed by atoms with Crippen LogP contribution < -0.4 is 11.1 Å². The van der Waals surface area contributed by atoms with Crippen molar-refractivity contribution in [2.75, 3.05) is 24.1 Å². The molecular weight excluding hydrogens is 411 g/mol. The number of amides is 2. The van der Waals surface area contributed by atoms with Crippen LogP contribution in [0.15, 0.2) is 42.6 Å². The van der Waals surface area contributed by atoms with Gasteiger partial charge in [0, 0.05) is 30.9 Å². The van der Waals surface area contributed by atoms with Gasteiger partial charge in [0.1, 0.15) is 5.82 Å². The maximum Gasteiger partial charge on any atom is 0.255 e. The van der Waals surface area contributed by atoms with Gasteiger partial charge in [-0.15, -0.1) is 24.8 Å². The second kappa shape index (κ2) is 10.3. The van der Waals surface area contributed by atoms with Crippen molar-refractivity contribution < 1.29 is 9.59 Å². The highest BCUT2D eigenvalue weighted by Gasteiger charge is 2.28. The van der Waals surface area contributed by atoms with Gasteiger partial charge >= 0.3 is 0 Å². The van der Waals surface area contributed by atoms with E-state index in [0.717, 1.165) is 0 Å². The summed E-state index contributed by atoms with van der Waals surface area (Å²) in [7, 11) is 0. The van der Waals surface area contributed by atoms with E-state index in [-0.39, 0.29) is 42.5 Å². The van der Waals surface area contributed by atoms with Gasteiger partial charge in [0.05, 0.1) is 10.6 Å². The lowest BCUT2D eigenvalue weighted by Gasteiger charge is -2.31. The largest absolute Gasteiger partial charge is 0.398 e. The first-order chi connectivity index (χ1) is 12.0. The molecule has 1 fully saturated rings. The summed E-state index contributed by atoms with van der Waals surface area (Å²) < 4.78 is 0. The summed E-state index contributed by atoms with van der Waals surface area (Å²) in [6, 6.07) is 10.4.